The Morgan fingerprint density at radius 3 is 2.40 bits per heavy atom. The molecule has 0 radical (unpaired) electrons. The van der Waals surface area contributed by atoms with E-state index in [1.807, 2.05) is 0 Å². The van der Waals surface area contributed by atoms with Gasteiger partial charge in [-0.15, -0.1) is 11.3 Å². The highest BCUT2D eigenvalue weighted by molar-refractivity contribution is 7.15. The van der Waals surface area contributed by atoms with Crippen molar-refractivity contribution in [1.29, 1.82) is 0 Å². The number of rotatable bonds is 4. The van der Waals surface area contributed by atoms with Crippen LogP contribution in [-0.4, -0.2) is 47.4 Å². The third-order valence-electron chi connectivity index (χ3n) is 3.15. The van der Waals surface area contributed by atoms with Gasteiger partial charge in [0.1, 0.15) is 4.88 Å². The van der Waals surface area contributed by atoms with Crippen molar-refractivity contribution in [3.05, 3.63) is 21.9 Å². The van der Waals surface area contributed by atoms with Crippen molar-refractivity contribution >= 4 is 29.1 Å². The highest BCUT2D eigenvalue weighted by Gasteiger charge is 2.18. The van der Waals surface area contributed by atoms with Crippen molar-refractivity contribution in [2.75, 3.05) is 19.6 Å². The Labute approximate surface area is 120 Å². The number of aromatic carboxylic acids is 1. The highest BCUT2D eigenvalue weighted by Crippen LogP contribution is 2.16. The Hall–Kier alpha value is -1.89. The van der Waals surface area contributed by atoms with Gasteiger partial charge in [0.15, 0.2) is 0 Å². The van der Waals surface area contributed by atoms with Crippen molar-refractivity contribution in [2.45, 2.75) is 19.3 Å². The Morgan fingerprint density at radius 2 is 1.80 bits per heavy atom. The number of likely N-dealkylation sites (tertiary alicyclic amines) is 1. The van der Waals surface area contributed by atoms with E-state index in [9.17, 15) is 14.4 Å². The number of piperidine rings is 1. The molecule has 0 spiro atoms. The highest BCUT2D eigenvalue weighted by atomic mass is 32.1. The second-order valence-electron chi connectivity index (χ2n) is 4.59. The summed E-state index contributed by atoms with van der Waals surface area (Å²) in [5, 5.41) is 11.3. The second-order valence-corrected chi connectivity index (χ2v) is 5.68. The molecule has 6 nitrogen and oxygen atoms in total. The molecule has 1 aromatic heterocycles. The predicted octanol–water partition coefficient (Wildman–Crippen LogP) is 1.19. The van der Waals surface area contributed by atoms with Crippen molar-refractivity contribution < 1.29 is 19.5 Å². The van der Waals surface area contributed by atoms with Gasteiger partial charge in [-0.3, -0.25) is 9.59 Å². The van der Waals surface area contributed by atoms with Crippen LogP contribution in [0, 0.1) is 0 Å². The molecule has 108 valence electrons. The number of carbonyl (C=O) groups is 3. The molecular formula is C13H16N2O4S. The molecule has 2 amide bonds. The van der Waals surface area contributed by atoms with Gasteiger partial charge in [-0.1, -0.05) is 0 Å². The first-order valence-electron chi connectivity index (χ1n) is 6.47. The fraction of sp³-hybridized carbons (Fsp3) is 0.462. The summed E-state index contributed by atoms with van der Waals surface area (Å²) in [6, 6.07) is 2.84. The van der Waals surface area contributed by atoms with Gasteiger partial charge < -0.3 is 15.3 Å². The Morgan fingerprint density at radius 1 is 1.15 bits per heavy atom. The van der Waals surface area contributed by atoms with Gasteiger partial charge >= 0.3 is 5.97 Å². The molecular weight excluding hydrogens is 280 g/mol. The van der Waals surface area contributed by atoms with Crippen LogP contribution in [0.25, 0.3) is 0 Å². The smallest absolute Gasteiger partial charge is 0.345 e. The minimum atomic E-state index is -1.06. The normalized spacial score (nSPS) is 14.9. The van der Waals surface area contributed by atoms with Gasteiger partial charge in [0, 0.05) is 13.1 Å². The summed E-state index contributed by atoms with van der Waals surface area (Å²) in [7, 11) is 0. The maximum absolute atomic E-state index is 11.9. The predicted molar refractivity (Wildman–Crippen MR) is 74.0 cm³/mol. The fourth-order valence-electron chi connectivity index (χ4n) is 2.07. The first-order valence-corrected chi connectivity index (χ1v) is 7.28. The lowest BCUT2D eigenvalue weighted by atomic mass is 10.1. The number of amides is 2. The SMILES string of the molecule is O=C(O)c1ccc(C(=O)NCC(=O)N2CCCCC2)s1. The van der Waals surface area contributed by atoms with Crippen molar-refractivity contribution in [1.82, 2.24) is 10.2 Å². The number of carboxylic acid groups (broad SMARTS) is 1. The number of carbonyl (C=O) groups excluding carboxylic acids is 2. The summed E-state index contributed by atoms with van der Waals surface area (Å²) in [6.07, 6.45) is 3.16. The summed E-state index contributed by atoms with van der Waals surface area (Å²) in [4.78, 5) is 36.6. The van der Waals surface area contributed by atoms with Crippen LogP contribution in [0.4, 0.5) is 0 Å². The molecule has 0 aliphatic carbocycles. The summed E-state index contributed by atoms with van der Waals surface area (Å²) < 4.78 is 0. The summed E-state index contributed by atoms with van der Waals surface area (Å²) >= 11 is 0.900. The average Bonchev–Trinajstić information content (AvgIpc) is 2.95. The Bertz CT molecular complexity index is 520. The Balaban J connectivity index is 1.84. The molecule has 0 aromatic carbocycles. The van der Waals surface area contributed by atoms with Crippen LogP contribution in [0.1, 0.15) is 38.6 Å². The molecule has 20 heavy (non-hydrogen) atoms. The monoisotopic (exact) mass is 296 g/mol. The minimum Gasteiger partial charge on any atom is -0.477 e. The molecule has 1 aromatic rings. The third-order valence-corrected chi connectivity index (χ3v) is 4.22. The zero-order valence-corrected chi connectivity index (χ0v) is 11.7. The number of nitrogens with one attached hydrogen (secondary N) is 1. The maximum Gasteiger partial charge on any atom is 0.345 e. The summed E-state index contributed by atoms with van der Waals surface area (Å²) in [5.74, 6) is -1.56. The molecule has 2 N–H and O–H groups in total. The van der Waals surface area contributed by atoms with Gasteiger partial charge in [-0.25, -0.2) is 4.79 Å². The quantitative estimate of drug-likeness (QED) is 0.873. The van der Waals surface area contributed by atoms with Gasteiger partial charge in [-0.2, -0.15) is 0 Å². The van der Waals surface area contributed by atoms with E-state index >= 15 is 0 Å². The average molecular weight is 296 g/mol. The lowest BCUT2D eigenvalue weighted by molar-refractivity contribution is -0.130. The van der Waals surface area contributed by atoms with Gasteiger partial charge in [-0.05, 0) is 31.4 Å². The van der Waals surface area contributed by atoms with Crippen LogP contribution in [0.5, 0.6) is 0 Å². The van der Waals surface area contributed by atoms with Crippen molar-refractivity contribution in [2.24, 2.45) is 0 Å². The van der Waals surface area contributed by atoms with Crippen LogP contribution in [0.3, 0.4) is 0 Å². The molecule has 7 heteroatoms. The first-order chi connectivity index (χ1) is 9.58. The van der Waals surface area contributed by atoms with Crippen LogP contribution < -0.4 is 5.32 Å². The molecule has 0 unspecified atom stereocenters. The van der Waals surface area contributed by atoms with E-state index in [0.717, 1.165) is 43.7 Å². The van der Waals surface area contributed by atoms with Crippen LogP contribution >= 0.6 is 11.3 Å². The molecule has 1 aliphatic rings. The van der Waals surface area contributed by atoms with Gasteiger partial charge in [0.05, 0.1) is 11.4 Å². The van der Waals surface area contributed by atoms with Gasteiger partial charge in [0.2, 0.25) is 5.91 Å². The summed E-state index contributed by atoms with van der Waals surface area (Å²) in [5.41, 5.74) is 0. The molecule has 1 fully saturated rings. The van der Waals surface area contributed by atoms with Crippen molar-refractivity contribution in [3.63, 3.8) is 0 Å². The van der Waals surface area contributed by atoms with Crippen LogP contribution in [0.15, 0.2) is 12.1 Å². The standard InChI is InChI=1S/C13H16N2O4S/c16-11(15-6-2-1-3-7-15)8-14-12(17)9-4-5-10(20-9)13(18)19/h4-5H,1-3,6-8H2,(H,14,17)(H,18,19). The number of nitrogens with zero attached hydrogens (tertiary/aromatic N) is 1. The molecule has 1 aliphatic heterocycles. The molecule has 2 heterocycles. The van der Waals surface area contributed by atoms with Crippen LogP contribution in [-0.2, 0) is 4.79 Å². The third kappa shape index (κ3) is 3.57. The van der Waals surface area contributed by atoms with Gasteiger partial charge in [0.25, 0.3) is 5.91 Å². The molecule has 0 bridgehead atoms. The molecule has 0 saturated carbocycles. The van der Waals surface area contributed by atoms with E-state index in [-0.39, 0.29) is 17.3 Å². The summed E-state index contributed by atoms with van der Waals surface area (Å²) in [6.45, 7) is 1.45. The number of carboxylic acids is 1. The van der Waals surface area contributed by atoms with E-state index in [2.05, 4.69) is 5.32 Å². The first kappa shape index (κ1) is 14.5. The largest absolute Gasteiger partial charge is 0.477 e. The van der Waals surface area contributed by atoms with Crippen LogP contribution in [0.2, 0.25) is 0 Å². The molecule has 0 atom stereocenters. The second kappa shape index (κ2) is 6.51. The lowest BCUT2D eigenvalue weighted by Crippen LogP contribution is -2.42. The number of thiophene rings is 1. The topological polar surface area (TPSA) is 86.7 Å². The van der Waals surface area contributed by atoms with E-state index in [0.29, 0.717) is 4.88 Å². The van der Waals surface area contributed by atoms with E-state index in [1.54, 1.807) is 4.90 Å². The fourth-order valence-corrected chi connectivity index (χ4v) is 2.83. The molecule has 2 rings (SSSR count). The number of hydrogen-bond donors (Lipinski definition) is 2. The molecule has 1 saturated heterocycles. The number of hydrogen-bond acceptors (Lipinski definition) is 4. The van der Waals surface area contributed by atoms with E-state index in [1.165, 1.54) is 12.1 Å². The minimum absolute atomic E-state index is 0.0425. The van der Waals surface area contributed by atoms with Crippen molar-refractivity contribution in [3.8, 4) is 0 Å². The zero-order chi connectivity index (χ0) is 14.5. The maximum atomic E-state index is 11.9. The zero-order valence-electron chi connectivity index (χ0n) is 10.9. The lowest BCUT2D eigenvalue weighted by Gasteiger charge is -2.26. The van der Waals surface area contributed by atoms with E-state index in [4.69, 9.17) is 5.11 Å². The van der Waals surface area contributed by atoms with E-state index < -0.39 is 11.9 Å². The Kier molecular flexibility index (Phi) is 4.73.